The number of aromatic nitrogens is 2. The summed E-state index contributed by atoms with van der Waals surface area (Å²) in [6, 6.07) is 4.71. The van der Waals surface area contributed by atoms with E-state index in [-0.39, 0.29) is 11.3 Å². The van der Waals surface area contributed by atoms with E-state index in [4.69, 9.17) is 10.5 Å². The normalized spacial score (nSPS) is 17.1. The average Bonchev–Trinajstić information content (AvgIpc) is 3.08. The topological polar surface area (TPSA) is 61.0 Å². The monoisotopic (exact) mass is 233 g/mol. The number of fused-ring (bicyclic) bond motifs is 1. The number of hydrogen-bond acceptors (Lipinski definition) is 4. The Labute approximate surface area is 97.6 Å². The lowest BCUT2D eigenvalue weighted by Gasteiger charge is -2.11. The van der Waals surface area contributed by atoms with Gasteiger partial charge in [0, 0.05) is 0 Å². The average molecular weight is 233 g/mol. The molecule has 0 saturated heterocycles. The predicted octanol–water partition coefficient (Wildman–Crippen LogP) is 1.73. The van der Waals surface area contributed by atoms with Gasteiger partial charge in [-0.1, -0.05) is 6.07 Å². The molecule has 1 aromatic heterocycles. The third-order valence-electron chi connectivity index (χ3n) is 3.07. The van der Waals surface area contributed by atoms with E-state index in [2.05, 4.69) is 9.97 Å². The molecule has 0 radical (unpaired) electrons. The van der Waals surface area contributed by atoms with Crippen molar-refractivity contribution in [3.63, 3.8) is 0 Å². The molecule has 17 heavy (non-hydrogen) atoms. The fourth-order valence-corrected chi connectivity index (χ4v) is 1.83. The molecule has 1 saturated carbocycles. The van der Waals surface area contributed by atoms with Gasteiger partial charge in [-0.05, 0) is 25.0 Å². The second-order valence-electron chi connectivity index (χ2n) is 4.35. The van der Waals surface area contributed by atoms with Crippen molar-refractivity contribution >= 4 is 10.9 Å². The first kappa shape index (κ1) is 10.4. The Bertz CT molecular complexity index is 596. The molecule has 0 amide bonds. The summed E-state index contributed by atoms with van der Waals surface area (Å²) in [5.74, 6) is 0.460. The summed E-state index contributed by atoms with van der Waals surface area (Å²) in [5.41, 5.74) is 5.80. The molecule has 0 atom stereocenters. The zero-order valence-corrected chi connectivity index (χ0v) is 9.40. The predicted molar refractivity (Wildman–Crippen MR) is 61.1 cm³/mol. The lowest BCUT2D eigenvalue weighted by atomic mass is 10.2. The Hall–Kier alpha value is -1.75. The number of benzene rings is 1. The maximum Gasteiger partial charge on any atom is 0.224 e. The van der Waals surface area contributed by atoms with Crippen LogP contribution < -0.4 is 10.5 Å². The van der Waals surface area contributed by atoms with Crippen LogP contribution in [0, 0.1) is 5.82 Å². The number of nitrogens with zero attached hydrogens (tertiary/aromatic N) is 2. The van der Waals surface area contributed by atoms with Crippen molar-refractivity contribution in [2.45, 2.75) is 18.4 Å². The molecule has 0 unspecified atom stereocenters. The highest BCUT2D eigenvalue weighted by Crippen LogP contribution is 2.42. The van der Waals surface area contributed by atoms with Crippen molar-refractivity contribution in [2.24, 2.45) is 5.73 Å². The third kappa shape index (κ3) is 1.54. The standard InChI is InChI=1S/C12H12FN3O/c1-17-10-7-3-2-4-8(13)9(7)15-11(16-10)12(14)5-6-12/h2-4H,5-6,14H2,1H3. The van der Waals surface area contributed by atoms with E-state index in [9.17, 15) is 4.39 Å². The molecule has 0 spiro atoms. The number of halogens is 1. The molecule has 1 aliphatic rings. The van der Waals surface area contributed by atoms with E-state index in [1.54, 1.807) is 12.1 Å². The minimum Gasteiger partial charge on any atom is -0.480 e. The van der Waals surface area contributed by atoms with Crippen LogP contribution in [0.2, 0.25) is 0 Å². The minimum absolute atomic E-state index is 0.270. The van der Waals surface area contributed by atoms with Crippen molar-refractivity contribution in [3.05, 3.63) is 29.8 Å². The summed E-state index contributed by atoms with van der Waals surface area (Å²) >= 11 is 0. The van der Waals surface area contributed by atoms with Gasteiger partial charge in [0.15, 0.2) is 5.82 Å². The Kier molecular flexibility index (Phi) is 2.06. The highest BCUT2D eigenvalue weighted by molar-refractivity contribution is 5.84. The zero-order valence-electron chi connectivity index (χ0n) is 9.40. The van der Waals surface area contributed by atoms with Crippen LogP contribution in [0.1, 0.15) is 18.7 Å². The Morgan fingerprint density at radius 3 is 2.76 bits per heavy atom. The summed E-state index contributed by atoms with van der Waals surface area (Å²) < 4.78 is 18.9. The number of rotatable bonds is 2. The lowest BCUT2D eigenvalue weighted by Crippen LogP contribution is -2.22. The molecule has 1 heterocycles. The number of para-hydroxylation sites is 1. The molecule has 0 bridgehead atoms. The van der Waals surface area contributed by atoms with Crippen molar-refractivity contribution in [1.82, 2.24) is 9.97 Å². The molecule has 2 N–H and O–H groups in total. The van der Waals surface area contributed by atoms with E-state index in [1.165, 1.54) is 13.2 Å². The summed E-state index contributed by atoms with van der Waals surface area (Å²) in [4.78, 5) is 8.50. The number of methoxy groups -OCH3 is 1. The maximum absolute atomic E-state index is 13.7. The highest BCUT2D eigenvalue weighted by atomic mass is 19.1. The van der Waals surface area contributed by atoms with Crippen LogP contribution >= 0.6 is 0 Å². The first-order valence-electron chi connectivity index (χ1n) is 5.44. The van der Waals surface area contributed by atoms with Crippen molar-refractivity contribution < 1.29 is 9.13 Å². The second-order valence-corrected chi connectivity index (χ2v) is 4.35. The third-order valence-corrected chi connectivity index (χ3v) is 3.07. The lowest BCUT2D eigenvalue weighted by molar-refractivity contribution is 0.398. The van der Waals surface area contributed by atoms with E-state index in [0.717, 1.165) is 12.8 Å². The van der Waals surface area contributed by atoms with E-state index in [0.29, 0.717) is 17.1 Å². The van der Waals surface area contributed by atoms with E-state index >= 15 is 0 Å². The smallest absolute Gasteiger partial charge is 0.224 e. The van der Waals surface area contributed by atoms with Crippen molar-refractivity contribution in [1.29, 1.82) is 0 Å². The molecule has 3 rings (SSSR count). The summed E-state index contributed by atoms with van der Waals surface area (Å²) in [7, 11) is 1.51. The van der Waals surface area contributed by atoms with Gasteiger partial charge in [0.1, 0.15) is 11.3 Å². The summed E-state index contributed by atoms with van der Waals surface area (Å²) in [5, 5.41) is 0.570. The Morgan fingerprint density at radius 2 is 2.12 bits per heavy atom. The van der Waals surface area contributed by atoms with Crippen LogP contribution in [-0.2, 0) is 5.54 Å². The molecule has 1 aliphatic carbocycles. The van der Waals surface area contributed by atoms with Gasteiger partial charge in [0.25, 0.3) is 0 Å². The van der Waals surface area contributed by atoms with Gasteiger partial charge >= 0.3 is 0 Å². The number of hydrogen-bond donors (Lipinski definition) is 1. The molecular weight excluding hydrogens is 221 g/mol. The molecule has 0 aliphatic heterocycles. The fraction of sp³-hybridized carbons (Fsp3) is 0.333. The minimum atomic E-state index is -0.496. The molecule has 88 valence electrons. The first-order valence-corrected chi connectivity index (χ1v) is 5.44. The first-order chi connectivity index (χ1) is 8.14. The van der Waals surface area contributed by atoms with Crippen LogP contribution in [0.15, 0.2) is 18.2 Å². The number of ether oxygens (including phenoxy) is 1. The summed E-state index contributed by atoms with van der Waals surface area (Å²) in [6.45, 7) is 0. The summed E-state index contributed by atoms with van der Waals surface area (Å²) in [6.07, 6.45) is 1.66. The van der Waals surface area contributed by atoms with Crippen molar-refractivity contribution in [2.75, 3.05) is 7.11 Å². The highest BCUT2D eigenvalue weighted by Gasteiger charge is 2.43. The van der Waals surface area contributed by atoms with Gasteiger partial charge in [-0.25, -0.2) is 9.37 Å². The second kappa shape index (κ2) is 3.37. The van der Waals surface area contributed by atoms with Gasteiger partial charge in [-0.3, -0.25) is 0 Å². The van der Waals surface area contributed by atoms with Gasteiger partial charge in [-0.2, -0.15) is 4.98 Å². The zero-order chi connectivity index (χ0) is 12.0. The largest absolute Gasteiger partial charge is 0.480 e. The molecule has 5 heteroatoms. The van der Waals surface area contributed by atoms with Gasteiger partial charge in [0.2, 0.25) is 5.88 Å². The van der Waals surface area contributed by atoms with Gasteiger partial charge < -0.3 is 10.5 Å². The Morgan fingerprint density at radius 1 is 1.35 bits per heavy atom. The van der Waals surface area contributed by atoms with Gasteiger partial charge in [0.05, 0.1) is 18.0 Å². The molecule has 1 fully saturated rings. The quantitative estimate of drug-likeness (QED) is 0.858. The molecule has 2 aromatic rings. The van der Waals surface area contributed by atoms with E-state index < -0.39 is 5.54 Å². The van der Waals surface area contributed by atoms with Gasteiger partial charge in [-0.15, -0.1) is 0 Å². The van der Waals surface area contributed by atoms with Crippen LogP contribution in [0.5, 0.6) is 5.88 Å². The van der Waals surface area contributed by atoms with Crippen LogP contribution in [0.25, 0.3) is 10.9 Å². The Balaban J connectivity index is 2.31. The van der Waals surface area contributed by atoms with E-state index in [1.807, 2.05) is 0 Å². The molecular formula is C12H12FN3O. The van der Waals surface area contributed by atoms with Crippen molar-refractivity contribution in [3.8, 4) is 5.88 Å². The SMILES string of the molecule is COc1nc(C2(N)CC2)nc2c(F)cccc12. The molecule has 4 nitrogen and oxygen atoms in total. The maximum atomic E-state index is 13.7. The number of nitrogens with two attached hydrogens (primary N) is 1. The molecule has 1 aromatic carbocycles. The fourth-order valence-electron chi connectivity index (χ4n) is 1.83. The van der Waals surface area contributed by atoms with Crippen LogP contribution in [-0.4, -0.2) is 17.1 Å². The van der Waals surface area contributed by atoms with Crippen LogP contribution in [0.3, 0.4) is 0 Å². The van der Waals surface area contributed by atoms with Crippen LogP contribution in [0.4, 0.5) is 4.39 Å².